The Morgan fingerprint density at radius 2 is 2.00 bits per heavy atom. The Kier molecular flexibility index (Phi) is 4.80. The van der Waals surface area contributed by atoms with E-state index in [0.717, 1.165) is 25.7 Å². The fraction of sp³-hybridized carbons (Fsp3) is 0.500. The molecule has 1 aromatic rings. The molecule has 6 nitrogen and oxygen atoms in total. The molecule has 0 aromatic heterocycles. The van der Waals surface area contributed by atoms with E-state index in [9.17, 15) is 14.9 Å². The van der Waals surface area contributed by atoms with Gasteiger partial charge in [-0.15, -0.1) is 0 Å². The molecule has 1 aliphatic rings. The first-order valence-electron chi connectivity index (χ1n) is 6.93. The van der Waals surface area contributed by atoms with Crippen molar-refractivity contribution in [2.45, 2.75) is 44.6 Å². The Balaban J connectivity index is 2.07. The van der Waals surface area contributed by atoms with Gasteiger partial charge in [-0.3, -0.25) is 20.3 Å². The van der Waals surface area contributed by atoms with Crippen LogP contribution in [0.4, 0.5) is 5.69 Å². The van der Waals surface area contributed by atoms with Crippen molar-refractivity contribution < 1.29 is 9.72 Å². The van der Waals surface area contributed by atoms with Crippen LogP contribution in [-0.2, 0) is 0 Å². The van der Waals surface area contributed by atoms with Crippen molar-refractivity contribution in [3.05, 3.63) is 38.9 Å². The summed E-state index contributed by atoms with van der Waals surface area (Å²) in [7, 11) is 0. The molecular weight excluding hydrogens is 294 g/mol. The zero-order valence-corrected chi connectivity index (χ0v) is 12.6. The summed E-state index contributed by atoms with van der Waals surface area (Å²) < 4.78 is 0. The molecule has 2 N–H and O–H groups in total. The van der Waals surface area contributed by atoms with Crippen molar-refractivity contribution in [1.29, 1.82) is 0 Å². The third-order valence-corrected chi connectivity index (χ3v) is 4.25. The summed E-state index contributed by atoms with van der Waals surface area (Å²) in [5.74, 6) is -0.463. The summed E-state index contributed by atoms with van der Waals surface area (Å²) in [6.07, 6.45) is 5.42. The summed E-state index contributed by atoms with van der Waals surface area (Å²) in [6, 6.07) is 4.19. The van der Waals surface area contributed by atoms with Gasteiger partial charge in [-0.2, -0.15) is 0 Å². The predicted molar refractivity (Wildman–Crippen MR) is 80.2 cm³/mol. The molecule has 0 unspecified atom stereocenters. The van der Waals surface area contributed by atoms with Gasteiger partial charge in [0.25, 0.3) is 11.6 Å². The van der Waals surface area contributed by atoms with E-state index in [0.29, 0.717) is 0 Å². The minimum absolute atomic E-state index is 0.0952. The first-order chi connectivity index (χ1) is 9.93. The van der Waals surface area contributed by atoms with Crippen LogP contribution in [-0.4, -0.2) is 16.4 Å². The van der Waals surface area contributed by atoms with E-state index in [1.165, 1.54) is 24.6 Å². The van der Waals surface area contributed by atoms with Gasteiger partial charge in [0, 0.05) is 11.6 Å². The molecule has 1 aromatic carbocycles. The number of rotatable bonds is 4. The summed E-state index contributed by atoms with van der Waals surface area (Å²) in [5.41, 5.74) is 5.35. The largest absolute Gasteiger partial charge is 0.288 e. The van der Waals surface area contributed by atoms with Gasteiger partial charge in [-0.1, -0.05) is 36.9 Å². The quantitative estimate of drug-likeness (QED) is 0.660. The highest BCUT2D eigenvalue weighted by atomic mass is 35.5. The minimum atomic E-state index is -0.602. The van der Waals surface area contributed by atoms with Crippen molar-refractivity contribution in [2.24, 2.45) is 0 Å². The molecule has 1 fully saturated rings. The van der Waals surface area contributed by atoms with E-state index < -0.39 is 10.8 Å². The van der Waals surface area contributed by atoms with Gasteiger partial charge in [0.05, 0.1) is 10.5 Å². The van der Waals surface area contributed by atoms with Crippen molar-refractivity contribution in [3.8, 4) is 0 Å². The Labute approximate surface area is 128 Å². The lowest BCUT2D eigenvalue weighted by Gasteiger charge is -2.34. The Bertz CT molecular complexity index is 556. The predicted octanol–water partition coefficient (Wildman–Crippen LogP) is 3.21. The number of halogens is 1. The fourth-order valence-electron chi connectivity index (χ4n) is 2.57. The highest BCUT2D eigenvalue weighted by molar-refractivity contribution is 6.35. The van der Waals surface area contributed by atoms with Crippen molar-refractivity contribution in [2.75, 3.05) is 0 Å². The van der Waals surface area contributed by atoms with Crippen LogP contribution in [0, 0.1) is 10.1 Å². The Morgan fingerprint density at radius 3 is 2.62 bits per heavy atom. The average molecular weight is 312 g/mol. The number of nitro benzene ring substituents is 1. The maximum atomic E-state index is 12.1. The third kappa shape index (κ3) is 3.71. The molecule has 0 heterocycles. The second-order valence-corrected chi connectivity index (χ2v) is 5.97. The van der Waals surface area contributed by atoms with Crippen LogP contribution in [0.3, 0.4) is 0 Å². The van der Waals surface area contributed by atoms with Crippen LogP contribution in [0.2, 0.25) is 5.02 Å². The molecule has 0 atom stereocenters. The molecular formula is C14H18ClN3O3. The van der Waals surface area contributed by atoms with E-state index in [1.54, 1.807) is 0 Å². The van der Waals surface area contributed by atoms with Crippen molar-refractivity contribution >= 4 is 23.2 Å². The van der Waals surface area contributed by atoms with Gasteiger partial charge in [0.1, 0.15) is 5.02 Å². The SMILES string of the molecule is CC1(NNC(=O)c2cccc([N+](=O)[O-])c2Cl)CCCCC1. The lowest BCUT2D eigenvalue weighted by Crippen LogP contribution is -2.53. The van der Waals surface area contributed by atoms with Crippen molar-refractivity contribution in [3.63, 3.8) is 0 Å². The third-order valence-electron chi connectivity index (χ3n) is 3.85. The second-order valence-electron chi connectivity index (χ2n) is 5.60. The molecule has 1 aliphatic carbocycles. The number of amides is 1. The average Bonchev–Trinajstić information content (AvgIpc) is 2.45. The molecule has 0 spiro atoms. The Morgan fingerprint density at radius 1 is 1.33 bits per heavy atom. The van der Waals surface area contributed by atoms with E-state index in [1.807, 2.05) is 0 Å². The zero-order valence-electron chi connectivity index (χ0n) is 11.8. The van der Waals surface area contributed by atoms with Crippen molar-refractivity contribution in [1.82, 2.24) is 10.9 Å². The number of carbonyl (C=O) groups excluding carboxylic acids is 1. The standard InChI is InChI=1S/C14H18ClN3O3/c1-14(8-3-2-4-9-14)17-16-13(19)10-6-5-7-11(12(10)15)18(20)21/h5-7,17H,2-4,8-9H2,1H3,(H,16,19). The van der Waals surface area contributed by atoms with Gasteiger partial charge in [0.15, 0.2) is 0 Å². The number of hydrazine groups is 1. The van der Waals surface area contributed by atoms with E-state index in [-0.39, 0.29) is 21.8 Å². The zero-order chi connectivity index (χ0) is 15.5. The molecule has 1 saturated carbocycles. The molecule has 0 bridgehead atoms. The maximum absolute atomic E-state index is 12.1. The highest BCUT2D eigenvalue weighted by Gasteiger charge is 2.27. The van der Waals surface area contributed by atoms with Gasteiger partial charge < -0.3 is 0 Å². The second kappa shape index (κ2) is 6.41. The normalized spacial score (nSPS) is 17.2. The number of benzene rings is 1. The lowest BCUT2D eigenvalue weighted by atomic mass is 9.84. The van der Waals surface area contributed by atoms with Crippen LogP contribution in [0.5, 0.6) is 0 Å². The number of hydrogen-bond donors (Lipinski definition) is 2. The first-order valence-corrected chi connectivity index (χ1v) is 7.31. The van der Waals surface area contributed by atoms with E-state index in [4.69, 9.17) is 11.6 Å². The van der Waals surface area contributed by atoms with E-state index >= 15 is 0 Å². The summed E-state index contributed by atoms with van der Waals surface area (Å²) in [5, 5.41) is 10.7. The molecule has 114 valence electrons. The number of carbonyl (C=O) groups is 1. The summed E-state index contributed by atoms with van der Waals surface area (Å²) >= 11 is 5.92. The fourth-order valence-corrected chi connectivity index (χ4v) is 2.85. The van der Waals surface area contributed by atoms with Crippen LogP contribution < -0.4 is 10.9 Å². The van der Waals surface area contributed by atoms with Gasteiger partial charge in [0.2, 0.25) is 0 Å². The molecule has 0 saturated heterocycles. The number of nitro groups is 1. The van der Waals surface area contributed by atoms with Gasteiger partial charge in [-0.25, -0.2) is 5.43 Å². The number of nitrogens with zero attached hydrogens (tertiary/aromatic N) is 1. The molecule has 7 heteroatoms. The summed E-state index contributed by atoms with van der Waals surface area (Å²) in [6.45, 7) is 2.06. The molecule has 1 amide bonds. The number of nitrogens with one attached hydrogen (secondary N) is 2. The molecule has 2 rings (SSSR count). The minimum Gasteiger partial charge on any atom is -0.287 e. The molecule has 0 radical (unpaired) electrons. The summed E-state index contributed by atoms with van der Waals surface area (Å²) in [4.78, 5) is 22.4. The van der Waals surface area contributed by atoms with Crippen LogP contribution in [0.1, 0.15) is 49.4 Å². The Hall–Kier alpha value is -1.66. The van der Waals surface area contributed by atoms with Gasteiger partial charge >= 0.3 is 0 Å². The lowest BCUT2D eigenvalue weighted by molar-refractivity contribution is -0.384. The highest BCUT2D eigenvalue weighted by Crippen LogP contribution is 2.29. The molecule has 0 aliphatic heterocycles. The maximum Gasteiger partial charge on any atom is 0.288 e. The van der Waals surface area contributed by atoms with E-state index in [2.05, 4.69) is 17.8 Å². The smallest absolute Gasteiger partial charge is 0.287 e. The van der Waals surface area contributed by atoms with Crippen LogP contribution in [0.15, 0.2) is 18.2 Å². The molecule has 21 heavy (non-hydrogen) atoms. The first kappa shape index (κ1) is 15.7. The van der Waals surface area contributed by atoms with Crippen LogP contribution >= 0.6 is 11.6 Å². The monoisotopic (exact) mass is 311 g/mol. The number of hydrogen-bond acceptors (Lipinski definition) is 4. The van der Waals surface area contributed by atoms with Crippen LogP contribution in [0.25, 0.3) is 0 Å². The topological polar surface area (TPSA) is 84.3 Å². The van der Waals surface area contributed by atoms with Gasteiger partial charge in [-0.05, 0) is 25.8 Å².